The topological polar surface area (TPSA) is 21.3 Å². The van der Waals surface area contributed by atoms with E-state index in [0.717, 1.165) is 60.9 Å². The summed E-state index contributed by atoms with van der Waals surface area (Å²) < 4.78 is 128. The number of anilines is 3. The fourth-order valence-electron chi connectivity index (χ4n) is 9.85. The molecule has 0 saturated heterocycles. The number of nitrogens with zero attached hydrogens (tertiary/aromatic N) is 2. The van der Waals surface area contributed by atoms with Gasteiger partial charge in [0.25, 0.3) is 0 Å². The molecule has 0 amide bonds. The molecule has 13 rings (SSSR count). The lowest BCUT2D eigenvalue weighted by Gasteiger charge is -2.29. The molecule has 1 aliphatic rings. The van der Waals surface area contributed by atoms with Crippen LogP contribution in [0.1, 0.15) is 42.8 Å². The number of fused-ring (bicyclic) bond motifs is 11. The van der Waals surface area contributed by atoms with Gasteiger partial charge in [0.1, 0.15) is 11.2 Å². The van der Waals surface area contributed by atoms with Gasteiger partial charge in [-0.2, -0.15) is 0 Å². The van der Waals surface area contributed by atoms with Crippen molar-refractivity contribution in [1.29, 1.82) is 0 Å². The molecular weight excluding hydrogens is 777 g/mol. The van der Waals surface area contributed by atoms with E-state index < -0.39 is 89.5 Å². The van der Waals surface area contributed by atoms with Crippen molar-refractivity contribution in [3.8, 4) is 39.1 Å². The molecule has 0 unspecified atom stereocenters. The highest BCUT2D eigenvalue weighted by molar-refractivity contribution is 6.17. The molecule has 0 N–H and O–H groups in total. The van der Waals surface area contributed by atoms with Gasteiger partial charge in [-0.1, -0.05) is 177 Å². The second kappa shape index (κ2) is 13.9. The van der Waals surface area contributed by atoms with Gasteiger partial charge in [0.05, 0.1) is 40.2 Å². The molecular formula is C61H42N2O. The Kier molecular flexibility index (Phi) is 5.60. The van der Waals surface area contributed by atoms with Gasteiger partial charge < -0.3 is 13.9 Å². The van der Waals surface area contributed by atoms with Gasteiger partial charge in [-0.3, -0.25) is 0 Å². The summed E-state index contributed by atoms with van der Waals surface area (Å²) in [5.41, 5.74) is 7.85. The predicted molar refractivity (Wildman–Crippen MR) is 269 cm³/mol. The second-order valence-electron chi connectivity index (χ2n) is 16.6. The second-order valence-corrected chi connectivity index (χ2v) is 16.6. The monoisotopic (exact) mass is 831 g/mol. The van der Waals surface area contributed by atoms with Crippen LogP contribution in [0.2, 0.25) is 0 Å². The lowest BCUT2D eigenvalue weighted by Crippen LogP contribution is -2.16. The molecule has 2 heterocycles. The van der Waals surface area contributed by atoms with E-state index >= 15 is 0 Å². The minimum atomic E-state index is -0.681. The quantitative estimate of drug-likeness (QED) is 0.166. The highest BCUT2D eigenvalue weighted by Gasteiger charge is 2.37. The Hall–Kier alpha value is -8.14. The zero-order chi connectivity index (χ0) is 53.8. The van der Waals surface area contributed by atoms with Crippen LogP contribution in [-0.4, -0.2) is 4.57 Å². The van der Waals surface area contributed by atoms with Crippen LogP contribution >= 0.6 is 0 Å². The predicted octanol–water partition coefficient (Wildman–Crippen LogP) is 16.9. The Labute approximate surface area is 390 Å². The van der Waals surface area contributed by atoms with E-state index in [2.05, 4.69) is 66.9 Å². The van der Waals surface area contributed by atoms with E-state index in [0.29, 0.717) is 11.4 Å². The summed E-state index contributed by atoms with van der Waals surface area (Å²) in [5.74, 6) is 0. The first kappa shape index (κ1) is 25.7. The molecule has 10 aromatic carbocycles. The van der Waals surface area contributed by atoms with Crippen molar-refractivity contribution in [1.82, 2.24) is 4.57 Å². The van der Waals surface area contributed by atoms with Crippen LogP contribution in [0.15, 0.2) is 222 Å². The Morgan fingerprint density at radius 1 is 0.453 bits per heavy atom. The summed E-state index contributed by atoms with van der Waals surface area (Å²) >= 11 is 0. The highest BCUT2D eigenvalue weighted by atomic mass is 16.3. The molecule has 0 bridgehead atoms. The Morgan fingerprint density at radius 3 is 1.91 bits per heavy atom. The maximum Gasteiger partial charge on any atom is 0.143 e. The normalized spacial score (nSPS) is 15.8. The van der Waals surface area contributed by atoms with Crippen LogP contribution in [0.4, 0.5) is 17.1 Å². The Bertz CT molecular complexity index is 4520. The summed E-state index contributed by atoms with van der Waals surface area (Å²) in [5, 5.41) is 1.24. The van der Waals surface area contributed by atoms with Crippen molar-refractivity contribution in [2.75, 3.05) is 4.90 Å². The number of furan rings is 1. The third-order valence-corrected chi connectivity index (χ3v) is 12.8. The molecule has 64 heavy (non-hydrogen) atoms. The molecule has 0 radical (unpaired) electrons. The molecule has 0 aliphatic heterocycles. The van der Waals surface area contributed by atoms with Crippen molar-refractivity contribution in [3.63, 3.8) is 0 Å². The van der Waals surface area contributed by atoms with Crippen LogP contribution in [0, 0.1) is 0 Å². The van der Waals surface area contributed by atoms with Gasteiger partial charge in [0.15, 0.2) is 0 Å². The zero-order valence-corrected chi connectivity index (χ0v) is 34.6. The Morgan fingerprint density at radius 2 is 1.11 bits per heavy atom. The molecule has 3 nitrogen and oxygen atoms in total. The fraction of sp³-hybridized carbons (Fsp3) is 0.0492. The van der Waals surface area contributed by atoms with Gasteiger partial charge in [0.2, 0.25) is 0 Å². The summed E-state index contributed by atoms with van der Waals surface area (Å²) in [6.45, 7) is 4.29. The van der Waals surface area contributed by atoms with Gasteiger partial charge in [0, 0.05) is 60.4 Å². The third-order valence-electron chi connectivity index (χ3n) is 12.8. The van der Waals surface area contributed by atoms with E-state index in [1.807, 2.05) is 91.0 Å². The first-order chi connectivity index (χ1) is 36.9. The van der Waals surface area contributed by atoms with E-state index in [1.165, 1.54) is 0 Å². The first-order valence-electron chi connectivity index (χ1n) is 27.6. The van der Waals surface area contributed by atoms with Crippen LogP contribution in [0.3, 0.4) is 0 Å². The summed E-state index contributed by atoms with van der Waals surface area (Å²) in [7, 11) is 0. The van der Waals surface area contributed by atoms with Crippen molar-refractivity contribution in [2.24, 2.45) is 0 Å². The standard InChI is InChI=1S/C61H42N2O/c1-61(2)52-23-9-5-20-51(52)58-53(61)24-14-28-57(58)62(43-36-31-41(32-37-43)46-21-13-22-49-50-38-33-39-15-3-4-17-45(39)60(50)64-59(46)49)42-34-29-40(30-35-42)44-16-6-10-25-54(44)63-55-26-11-7-18-47(55)48-19-8-12-27-56(48)63/h3-38H,1-2H3/i3D,4D,13D,15D,17D,21D,22D,31D,32D,33D,36D,37D,38D. The highest BCUT2D eigenvalue weighted by Crippen LogP contribution is 2.54. The SMILES string of the molecule is [2H]c1c([2H])c(N(c2ccc(-c3ccccc3-n3c4ccccc4c4ccccc43)cc2)c2cccc3c2-c2ccccc2C3(C)C)c([2H])c([2H])c1-c1c([2H])c([2H])c([2H])c2c1oc1c3c([2H])c([2H])c([2H])c([2H])c3c([2H])c([2H])c12. The number of hydrogen-bond donors (Lipinski definition) is 0. The van der Waals surface area contributed by atoms with E-state index in [-0.39, 0.29) is 44.0 Å². The summed E-state index contributed by atoms with van der Waals surface area (Å²) in [6, 6.07) is 38.9. The van der Waals surface area contributed by atoms with Crippen molar-refractivity contribution in [2.45, 2.75) is 19.3 Å². The molecule has 0 atom stereocenters. The third kappa shape index (κ3) is 5.34. The molecule has 12 aromatic rings. The molecule has 302 valence electrons. The number of hydrogen-bond acceptors (Lipinski definition) is 2. The minimum absolute atomic E-state index is 0.109. The lowest BCUT2D eigenvalue weighted by molar-refractivity contribution is 0.660. The van der Waals surface area contributed by atoms with Crippen molar-refractivity contribution in [3.05, 3.63) is 229 Å². The minimum Gasteiger partial charge on any atom is -0.455 e. The fourth-order valence-corrected chi connectivity index (χ4v) is 9.85. The molecule has 0 saturated carbocycles. The van der Waals surface area contributed by atoms with Crippen molar-refractivity contribution >= 4 is 71.6 Å². The maximum atomic E-state index is 9.99. The molecule has 0 spiro atoms. The number of aromatic nitrogens is 1. The van der Waals surface area contributed by atoms with Gasteiger partial charge in [-0.25, -0.2) is 0 Å². The Balaban J connectivity index is 1.05. The number of para-hydroxylation sites is 4. The van der Waals surface area contributed by atoms with Gasteiger partial charge >= 0.3 is 0 Å². The number of rotatable bonds is 6. The molecule has 3 heteroatoms. The number of benzene rings is 10. The molecule has 1 aliphatic carbocycles. The smallest absolute Gasteiger partial charge is 0.143 e. The summed E-state index contributed by atoms with van der Waals surface area (Å²) in [6.07, 6.45) is 0. The zero-order valence-electron chi connectivity index (χ0n) is 47.6. The molecule has 2 aromatic heterocycles. The average molecular weight is 832 g/mol. The van der Waals surface area contributed by atoms with Crippen LogP contribution < -0.4 is 4.90 Å². The van der Waals surface area contributed by atoms with E-state index in [9.17, 15) is 6.85 Å². The maximum absolute atomic E-state index is 9.99. The average Bonchev–Trinajstić information content (AvgIpc) is 4.32. The van der Waals surface area contributed by atoms with Crippen LogP contribution in [-0.2, 0) is 5.41 Å². The molecule has 0 fully saturated rings. The largest absolute Gasteiger partial charge is 0.455 e. The summed E-state index contributed by atoms with van der Waals surface area (Å²) in [4.78, 5) is 1.74. The van der Waals surface area contributed by atoms with E-state index in [1.54, 1.807) is 4.90 Å². The lowest BCUT2D eigenvalue weighted by atomic mass is 9.82. The van der Waals surface area contributed by atoms with Gasteiger partial charge in [-0.15, -0.1) is 0 Å². The van der Waals surface area contributed by atoms with Gasteiger partial charge in [-0.05, 0) is 87.7 Å². The van der Waals surface area contributed by atoms with Crippen molar-refractivity contribution < 1.29 is 22.2 Å². The van der Waals surface area contributed by atoms with E-state index in [4.69, 9.17) is 15.4 Å². The van der Waals surface area contributed by atoms with Crippen LogP contribution in [0.25, 0.3) is 93.6 Å². The van der Waals surface area contributed by atoms with Crippen LogP contribution in [0.5, 0.6) is 0 Å². The first-order valence-corrected chi connectivity index (χ1v) is 21.1.